The summed E-state index contributed by atoms with van der Waals surface area (Å²) in [4.78, 5) is 46.2. The summed E-state index contributed by atoms with van der Waals surface area (Å²) in [5.74, 6) is -1.29. The molecular formula is C23H20ClN3O4S. The number of imide groups is 1. The first-order valence-electron chi connectivity index (χ1n) is 10.4. The van der Waals surface area contributed by atoms with Gasteiger partial charge in [0.25, 0.3) is 11.8 Å². The van der Waals surface area contributed by atoms with Crippen LogP contribution in [0.25, 0.3) is 10.2 Å². The Hall–Kier alpha value is -2.81. The van der Waals surface area contributed by atoms with E-state index in [0.29, 0.717) is 34.4 Å². The number of hydrogen-bond donors (Lipinski definition) is 0. The van der Waals surface area contributed by atoms with Gasteiger partial charge in [-0.2, -0.15) is 0 Å². The highest BCUT2D eigenvalue weighted by Gasteiger charge is 2.38. The molecule has 3 amide bonds. The fraction of sp³-hybridized carbons (Fsp3) is 0.304. The van der Waals surface area contributed by atoms with E-state index in [1.807, 2.05) is 19.1 Å². The van der Waals surface area contributed by atoms with Crippen LogP contribution in [0, 0.1) is 6.92 Å². The maximum Gasteiger partial charge on any atom is 0.262 e. The summed E-state index contributed by atoms with van der Waals surface area (Å²) < 4.78 is 6.66. The van der Waals surface area contributed by atoms with Crippen LogP contribution < -0.4 is 4.90 Å². The van der Waals surface area contributed by atoms with E-state index in [4.69, 9.17) is 16.3 Å². The Morgan fingerprint density at radius 3 is 2.59 bits per heavy atom. The third kappa shape index (κ3) is 3.58. The van der Waals surface area contributed by atoms with E-state index in [0.717, 1.165) is 33.5 Å². The molecule has 2 aliphatic heterocycles. The van der Waals surface area contributed by atoms with Crippen LogP contribution in [0.5, 0.6) is 0 Å². The van der Waals surface area contributed by atoms with Gasteiger partial charge < -0.3 is 4.74 Å². The van der Waals surface area contributed by atoms with Crippen molar-refractivity contribution >= 4 is 56.0 Å². The van der Waals surface area contributed by atoms with Crippen molar-refractivity contribution in [1.29, 1.82) is 0 Å². The molecule has 1 aromatic heterocycles. The minimum absolute atomic E-state index is 0.113. The molecular weight excluding hydrogens is 450 g/mol. The minimum atomic E-state index is -0.456. The smallest absolute Gasteiger partial charge is 0.262 e. The highest BCUT2D eigenvalue weighted by Crippen LogP contribution is 2.34. The van der Waals surface area contributed by atoms with Crippen LogP contribution in [0.3, 0.4) is 0 Å². The van der Waals surface area contributed by atoms with Gasteiger partial charge in [-0.1, -0.05) is 35.1 Å². The molecule has 2 aliphatic rings. The maximum atomic E-state index is 13.4. The molecule has 1 saturated heterocycles. The monoisotopic (exact) mass is 469 g/mol. The zero-order chi connectivity index (χ0) is 22.4. The van der Waals surface area contributed by atoms with Crippen LogP contribution in [0.15, 0.2) is 36.4 Å². The van der Waals surface area contributed by atoms with Crippen LogP contribution in [0.1, 0.15) is 39.1 Å². The summed E-state index contributed by atoms with van der Waals surface area (Å²) in [6, 6.07) is 10.3. The highest BCUT2D eigenvalue weighted by molar-refractivity contribution is 7.22. The summed E-state index contributed by atoms with van der Waals surface area (Å²) in [5, 5.41) is 1.11. The zero-order valence-electron chi connectivity index (χ0n) is 17.3. The predicted octanol–water partition coefficient (Wildman–Crippen LogP) is 4.07. The van der Waals surface area contributed by atoms with E-state index < -0.39 is 11.8 Å². The Labute approximate surface area is 193 Å². The fourth-order valence-corrected chi connectivity index (χ4v) is 5.29. The van der Waals surface area contributed by atoms with Gasteiger partial charge in [0.1, 0.15) is 6.54 Å². The van der Waals surface area contributed by atoms with Gasteiger partial charge in [0.15, 0.2) is 5.13 Å². The SMILES string of the molecule is Cc1c(Cl)ccc2sc(N(CC3CCCO3)C(=O)CN3C(=O)c4ccccc4C3=O)nc12. The van der Waals surface area contributed by atoms with Crippen molar-refractivity contribution in [2.24, 2.45) is 0 Å². The zero-order valence-corrected chi connectivity index (χ0v) is 18.9. The second kappa shape index (κ2) is 8.27. The fourth-order valence-electron chi connectivity index (χ4n) is 4.09. The molecule has 32 heavy (non-hydrogen) atoms. The Bertz CT molecular complexity index is 1220. The van der Waals surface area contributed by atoms with E-state index in [1.165, 1.54) is 16.2 Å². The molecule has 0 aliphatic carbocycles. The second-order valence-corrected chi connectivity index (χ2v) is 9.31. The first-order chi connectivity index (χ1) is 15.4. The Morgan fingerprint density at radius 2 is 1.94 bits per heavy atom. The Kier molecular flexibility index (Phi) is 5.44. The lowest BCUT2D eigenvalue weighted by Gasteiger charge is -2.25. The summed E-state index contributed by atoms with van der Waals surface area (Å²) >= 11 is 7.63. The number of halogens is 1. The van der Waals surface area contributed by atoms with Crippen molar-refractivity contribution in [3.63, 3.8) is 0 Å². The molecule has 9 heteroatoms. The summed E-state index contributed by atoms with van der Waals surface area (Å²) in [7, 11) is 0. The van der Waals surface area contributed by atoms with Crippen molar-refractivity contribution < 1.29 is 19.1 Å². The van der Waals surface area contributed by atoms with Gasteiger partial charge in [0.05, 0.1) is 34.0 Å². The quantitative estimate of drug-likeness (QED) is 0.526. The number of carbonyl (C=O) groups excluding carboxylic acids is 3. The minimum Gasteiger partial charge on any atom is -0.376 e. The maximum absolute atomic E-state index is 13.4. The van der Waals surface area contributed by atoms with Crippen molar-refractivity contribution in [3.05, 3.63) is 58.1 Å². The van der Waals surface area contributed by atoms with Gasteiger partial charge in [-0.05, 0) is 49.6 Å². The number of carbonyl (C=O) groups is 3. The van der Waals surface area contributed by atoms with Crippen LogP contribution >= 0.6 is 22.9 Å². The average Bonchev–Trinajstić information content (AvgIpc) is 3.51. The van der Waals surface area contributed by atoms with Gasteiger partial charge >= 0.3 is 0 Å². The van der Waals surface area contributed by atoms with Gasteiger partial charge in [0.2, 0.25) is 5.91 Å². The van der Waals surface area contributed by atoms with Crippen LogP contribution in [0.4, 0.5) is 5.13 Å². The number of rotatable bonds is 5. The summed E-state index contributed by atoms with van der Waals surface area (Å²) in [6.07, 6.45) is 1.66. The molecule has 0 spiro atoms. The number of ether oxygens (including phenoxy) is 1. The van der Waals surface area contributed by atoms with Crippen LogP contribution in [-0.4, -0.2) is 53.4 Å². The molecule has 164 valence electrons. The lowest BCUT2D eigenvalue weighted by atomic mass is 10.1. The summed E-state index contributed by atoms with van der Waals surface area (Å²) in [6.45, 7) is 2.50. The normalized spacial score (nSPS) is 17.9. The number of nitrogens with zero attached hydrogens (tertiary/aromatic N) is 3. The van der Waals surface area contributed by atoms with Gasteiger partial charge in [-0.25, -0.2) is 4.98 Å². The van der Waals surface area contributed by atoms with Crippen molar-refractivity contribution in [1.82, 2.24) is 9.88 Å². The molecule has 1 unspecified atom stereocenters. The number of aryl methyl sites for hydroxylation is 1. The number of hydrogen-bond acceptors (Lipinski definition) is 6. The summed E-state index contributed by atoms with van der Waals surface area (Å²) in [5.41, 5.74) is 2.22. The molecule has 2 aromatic carbocycles. The van der Waals surface area contributed by atoms with Crippen molar-refractivity contribution in [3.8, 4) is 0 Å². The lowest BCUT2D eigenvalue weighted by molar-refractivity contribution is -0.119. The van der Waals surface area contributed by atoms with E-state index >= 15 is 0 Å². The number of benzene rings is 2. The molecule has 0 bridgehead atoms. The number of anilines is 1. The van der Waals surface area contributed by atoms with E-state index in [2.05, 4.69) is 4.98 Å². The molecule has 0 saturated carbocycles. The first-order valence-corrected chi connectivity index (χ1v) is 11.6. The number of amides is 3. The third-order valence-corrected chi connectivity index (χ3v) is 7.30. The van der Waals surface area contributed by atoms with Gasteiger partial charge in [0, 0.05) is 11.6 Å². The molecule has 1 fully saturated rings. The molecule has 5 rings (SSSR count). The standard InChI is InChI=1S/C23H20ClN3O4S/c1-13-17(24)8-9-18-20(13)25-23(32-18)26(11-14-5-4-10-31-14)19(28)12-27-21(29)15-6-2-3-7-16(15)22(27)30/h2-3,6-9,14H,4-5,10-12H2,1H3. The van der Waals surface area contributed by atoms with Gasteiger partial charge in [-0.15, -0.1) is 0 Å². The first kappa shape index (κ1) is 21.1. The number of fused-ring (bicyclic) bond motifs is 2. The van der Waals surface area contributed by atoms with E-state index in [9.17, 15) is 14.4 Å². The molecule has 0 N–H and O–H groups in total. The predicted molar refractivity (Wildman–Crippen MR) is 123 cm³/mol. The van der Waals surface area contributed by atoms with E-state index in [1.54, 1.807) is 24.3 Å². The average molecular weight is 470 g/mol. The highest BCUT2D eigenvalue weighted by atomic mass is 35.5. The molecule has 0 radical (unpaired) electrons. The Morgan fingerprint density at radius 1 is 1.22 bits per heavy atom. The van der Waals surface area contributed by atoms with E-state index in [-0.39, 0.29) is 18.6 Å². The van der Waals surface area contributed by atoms with Crippen LogP contribution in [0.2, 0.25) is 5.02 Å². The van der Waals surface area contributed by atoms with Gasteiger partial charge in [-0.3, -0.25) is 24.2 Å². The molecule has 3 heterocycles. The van der Waals surface area contributed by atoms with Crippen LogP contribution in [-0.2, 0) is 9.53 Å². The van der Waals surface area contributed by atoms with Crippen molar-refractivity contribution in [2.75, 3.05) is 24.6 Å². The molecule has 1 atom stereocenters. The third-order valence-electron chi connectivity index (χ3n) is 5.85. The topological polar surface area (TPSA) is 79.8 Å². The number of aromatic nitrogens is 1. The second-order valence-electron chi connectivity index (χ2n) is 7.90. The largest absolute Gasteiger partial charge is 0.376 e. The number of thiazole rings is 1. The molecule has 3 aromatic rings. The molecule has 7 nitrogen and oxygen atoms in total. The van der Waals surface area contributed by atoms with Crippen molar-refractivity contribution in [2.45, 2.75) is 25.9 Å². The lowest BCUT2D eigenvalue weighted by Crippen LogP contribution is -2.45. The Balaban J connectivity index is 1.46.